The fraction of sp³-hybridized carbons (Fsp3) is 0.304. The number of anilines is 1. The van der Waals surface area contributed by atoms with Gasteiger partial charge in [-0.15, -0.1) is 0 Å². The second kappa shape index (κ2) is 9.85. The van der Waals surface area contributed by atoms with Gasteiger partial charge in [-0.1, -0.05) is 41.9 Å². The predicted molar refractivity (Wildman–Crippen MR) is 118 cm³/mol. The van der Waals surface area contributed by atoms with Crippen molar-refractivity contribution in [1.82, 2.24) is 9.78 Å². The number of benzene rings is 2. The van der Waals surface area contributed by atoms with Gasteiger partial charge in [0.2, 0.25) is 0 Å². The van der Waals surface area contributed by atoms with Crippen molar-refractivity contribution in [1.29, 1.82) is 0 Å². The van der Waals surface area contributed by atoms with E-state index in [1.807, 2.05) is 49.4 Å². The van der Waals surface area contributed by atoms with Crippen LogP contribution in [0.25, 0.3) is 0 Å². The van der Waals surface area contributed by atoms with Gasteiger partial charge in [-0.3, -0.25) is 10.00 Å². The number of hydrogen-bond acceptors (Lipinski definition) is 5. The summed E-state index contributed by atoms with van der Waals surface area (Å²) in [7, 11) is 0. The first-order valence-electron chi connectivity index (χ1n) is 10.1. The molecule has 1 fully saturated rings. The third-order valence-corrected chi connectivity index (χ3v) is 5.19. The topological polar surface area (TPSA) is 74.6 Å². The number of hydrogen-bond donors (Lipinski definition) is 1. The van der Waals surface area contributed by atoms with E-state index in [1.165, 1.54) is 0 Å². The Hall–Kier alpha value is -3.03. The maximum absolute atomic E-state index is 12.1. The second-order valence-electron chi connectivity index (χ2n) is 7.37. The van der Waals surface area contributed by atoms with Crippen molar-refractivity contribution >= 4 is 23.5 Å². The number of amides is 1. The zero-order valence-electron chi connectivity index (χ0n) is 17.2. The average Bonchev–Trinajstić information content (AvgIpc) is 3.38. The molecule has 162 valence electrons. The third-order valence-electron chi connectivity index (χ3n) is 4.95. The highest BCUT2D eigenvalue weighted by Gasteiger charge is 2.20. The van der Waals surface area contributed by atoms with E-state index in [-0.39, 0.29) is 6.10 Å². The van der Waals surface area contributed by atoms with Gasteiger partial charge in [0.25, 0.3) is 0 Å². The van der Waals surface area contributed by atoms with Crippen LogP contribution in [0.15, 0.2) is 54.6 Å². The van der Waals surface area contributed by atoms with E-state index in [0.29, 0.717) is 43.6 Å². The van der Waals surface area contributed by atoms with E-state index in [1.54, 1.807) is 16.8 Å². The molecule has 4 rings (SSSR count). The van der Waals surface area contributed by atoms with Gasteiger partial charge in [-0.05, 0) is 30.7 Å². The number of nitrogens with zero attached hydrogens (tertiary/aromatic N) is 2. The van der Waals surface area contributed by atoms with E-state index < -0.39 is 6.09 Å². The summed E-state index contributed by atoms with van der Waals surface area (Å²) in [5.41, 5.74) is 2.86. The minimum atomic E-state index is -0.533. The Morgan fingerprint density at radius 3 is 2.87 bits per heavy atom. The summed E-state index contributed by atoms with van der Waals surface area (Å²) >= 11 is 6.23. The summed E-state index contributed by atoms with van der Waals surface area (Å²) in [6.07, 6.45) is -0.0322. The Balaban J connectivity index is 1.43. The monoisotopic (exact) mass is 441 g/mol. The van der Waals surface area contributed by atoms with Crippen molar-refractivity contribution in [2.75, 3.05) is 18.5 Å². The molecule has 1 amide bonds. The second-order valence-corrected chi connectivity index (χ2v) is 7.81. The standard InChI is InChI=1S/C23H24ClN3O4/c1-16-11-22(25-23(28)31-20-9-10-29-15-20)26-27(16)13-18-12-19(24)7-8-21(18)30-14-17-5-3-2-4-6-17/h2-8,11-12,20H,9-10,13-15H2,1H3,(H,25,26,28)/t20-/m0/s1. The summed E-state index contributed by atoms with van der Waals surface area (Å²) in [5, 5.41) is 7.78. The lowest BCUT2D eigenvalue weighted by molar-refractivity contribution is 0.0931. The Kier molecular flexibility index (Phi) is 6.74. The van der Waals surface area contributed by atoms with Crippen molar-refractivity contribution in [3.63, 3.8) is 0 Å². The van der Waals surface area contributed by atoms with Crippen molar-refractivity contribution in [2.24, 2.45) is 0 Å². The SMILES string of the molecule is Cc1cc(NC(=O)O[C@H]2CCOC2)nn1Cc1cc(Cl)ccc1OCc1ccccc1. The molecule has 2 heterocycles. The fourth-order valence-electron chi connectivity index (χ4n) is 3.33. The van der Waals surface area contributed by atoms with Crippen LogP contribution >= 0.6 is 11.6 Å². The molecule has 1 N–H and O–H groups in total. The number of carbonyl (C=O) groups excluding carboxylic acids is 1. The van der Waals surface area contributed by atoms with Crippen LogP contribution in [0, 0.1) is 6.92 Å². The zero-order chi connectivity index (χ0) is 21.6. The highest BCUT2D eigenvalue weighted by Crippen LogP contribution is 2.25. The fourth-order valence-corrected chi connectivity index (χ4v) is 3.53. The van der Waals surface area contributed by atoms with Gasteiger partial charge in [-0.2, -0.15) is 5.10 Å². The van der Waals surface area contributed by atoms with E-state index in [0.717, 1.165) is 22.6 Å². The summed E-state index contributed by atoms with van der Waals surface area (Å²) in [4.78, 5) is 12.1. The largest absolute Gasteiger partial charge is 0.489 e. The third kappa shape index (κ3) is 5.77. The molecule has 1 atom stereocenters. The van der Waals surface area contributed by atoms with Gasteiger partial charge in [0.1, 0.15) is 18.5 Å². The van der Waals surface area contributed by atoms with Gasteiger partial charge < -0.3 is 14.2 Å². The van der Waals surface area contributed by atoms with Gasteiger partial charge in [0.05, 0.1) is 19.8 Å². The van der Waals surface area contributed by atoms with E-state index >= 15 is 0 Å². The van der Waals surface area contributed by atoms with Crippen LogP contribution in [0.3, 0.4) is 0 Å². The normalized spacial score (nSPS) is 15.6. The quantitative estimate of drug-likeness (QED) is 0.569. The first kappa shape index (κ1) is 21.2. The molecule has 3 aromatic rings. The molecule has 31 heavy (non-hydrogen) atoms. The number of halogens is 1. The molecule has 0 spiro atoms. The van der Waals surface area contributed by atoms with Crippen LogP contribution in [0.4, 0.5) is 10.6 Å². The lowest BCUT2D eigenvalue weighted by Gasteiger charge is -2.13. The molecule has 1 saturated heterocycles. The Bertz CT molecular complexity index is 1030. The molecule has 7 nitrogen and oxygen atoms in total. The van der Waals surface area contributed by atoms with E-state index in [9.17, 15) is 4.79 Å². The number of nitrogens with one attached hydrogen (secondary N) is 1. The average molecular weight is 442 g/mol. The number of ether oxygens (including phenoxy) is 3. The Morgan fingerprint density at radius 1 is 1.26 bits per heavy atom. The Morgan fingerprint density at radius 2 is 2.10 bits per heavy atom. The van der Waals surface area contributed by atoms with Gasteiger partial charge in [0.15, 0.2) is 5.82 Å². The lowest BCUT2D eigenvalue weighted by Crippen LogP contribution is -2.22. The van der Waals surface area contributed by atoms with Crippen LogP contribution in [-0.4, -0.2) is 35.2 Å². The molecule has 1 aliphatic rings. The number of aromatic nitrogens is 2. The van der Waals surface area contributed by atoms with E-state index in [2.05, 4.69) is 10.4 Å². The maximum atomic E-state index is 12.1. The van der Waals surface area contributed by atoms with Crippen molar-refractivity contribution in [3.8, 4) is 5.75 Å². The van der Waals surface area contributed by atoms with Crippen LogP contribution in [0.5, 0.6) is 5.75 Å². The molecule has 0 aliphatic carbocycles. The van der Waals surface area contributed by atoms with Crippen molar-refractivity contribution in [2.45, 2.75) is 32.6 Å². The molecule has 0 bridgehead atoms. The molecule has 0 radical (unpaired) electrons. The molecule has 2 aromatic carbocycles. The molecule has 1 aromatic heterocycles. The van der Waals surface area contributed by atoms with Crippen LogP contribution in [0.2, 0.25) is 5.02 Å². The van der Waals surface area contributed by atoms with E-state index in [4.69, 9.17) is 25.8 Å². The summed E-state index contributed by atoms with van der Waals surface area (Å²) < 4.78 is 18.4. The number of carbonyl (C=O) groups is 1. The molecular formula is C23H24ClN3O4. The highest BCUT2D eigenvalue weighted by molar-refractivity contribution is 6.30. The zero-order valence-corrected chi connectivity index (χ0v) is 18.0. The van der Waals surface area contributed by atoms with Crippen molar-refractivity contribution < 1.29 is 19.0 Å². The van der Waals surface area contributed by atoms with Crippen LogP contribution in [0.1, 0.15) is 23.2 Å². The minimum absolute atomic E-state index is 0.209. The molecular weight excluding hydrogens is 418 g/mol. The molecule has 8 heteroatoms. The minimum Gasteiger partial charge on any atom is -0.489 e. The number of rotatable bonds is 7. The summed E-state index contributed by atoms with van der Waals surface area (Å²) in [6, 6.07) is 17.3. The van der Waals surface area contributed by atoms with Crippen LogP contribution in [-0.2, 0) is 22.6 Å². The predicted octanol–water partition coefficient (Wildman–Crippen LogP) is 4.81. The van der Waals surface area contributed by atoms with Crippen LogP contribution < -0.4 is 10.1 Å². The lowest BCUT2D eigenvalue weighted by atomic mass is 10.2. The summed E-state index contributed by atoms with van der Waals surface area (Å²) in [6.45, 7) is 3.87. The van der Waals surface area contributed by atoms with Gasteiger partial charge in [0, 0.05) is 28.8 Å². The first-order valence-corrected chi connectivity index (χ1v) is 10.5. The summed E-state index contributed by atoms with van der Waals surface area (Å²) in [5.74, 6) is 1.16. The van der Waals surface area contributed by atoms with Crippen molar-refractivity contribution in [3.05, 3.63) is 76.4 Å². The smallest absolute Gasteiger partial charge is 0.413 e. The Labute approximate surface area is 185 Å². The molecule has 0 unspecified atom stereocenters. The van der Waals surface area contributed by atoms with Gasteiger partial charge in [-0.25, -0.2) is 4.79 Å². The first-order chi connectivity index (χ1) is 15.1. The highest BCUT2D eigenvalue weighted by atomic mass is 35.5. The molecule has 1 aliphatic heterocycles. The van der Waals surface area contributed by atoms with Gasteiger partial charge >= 0.3 is 6.09 Å². The number of aryl methyl sites for hydroxylation is 1. The molecule has 0 saturated carbocycles. The maximum Gasteiger partial charge on any atom is 0.413 e.